The second kappa shape index (κ2) is 5.61. The van der Waals surface area contributed by atoms with Gasteiger partial charge in [-0.3, -0.25) is 0 Å². The second-order valence-electron chi connectivity index (χ2n) is 4.87. The number of hydrogen-bond donors (Lipinski definition) is 3. The van der Waals surface area contributed by atoms with Gasteiger partial charge in [-0.15, -0.1) is 0 Å². The predicted octanol–water partition coefficient (Wildman–Crippen LogP) is 4.57. The molecule has 0 aromatic heterocycles. The van der Waals surface area contributed by atoms with Crippen LogP contribution in [0.15, 0.2) is 59.2 Å². The Morgan fingerprint density at radius 3 is 2.67 bits per heavy atom. The third kappa shape index (κ3) is 3.25. The molecule has 2 aromatic rings. The Labute approximate surface area is 131 Å². The Bertz CT molecular complexity index is 727. The zero-order chi connectivity index (χ0) is 14.8. The molecule has 3 N–H and O–H groups in total. The van der Waals surface area contributed by atoms with Crippen molar-refractivity contribution in [3.05, 3.63) is 64.8 Å². The average molecular weight is 344 g/mol. The number of allylic oxidation sites excluding steroid dienone is 1. The van der Waals surface area contributed by atoms with E-state index in [1.807, 2.05) is 42.5 Å². The van der Waals surface area contributed by atoms with Crippen LogP contribution in [0.3, 0.4) is 0 Å². The Morgan fingerprint density at radius 2 is 1.90 bits per heavy atom. The number of benzene rings is 2. The van der Waals surface area contributed by atoms with Gasteiger partial charge in [-0.05, 0) is 35.9 Å². The first-order valence-electron chi connectivity index (χ1n) is 6.51. The maximum atomic E-state index is 12.0. The van der Waals surface area contributed by atoms with E-state index in [1.54, 1.807) is 0 Å². The fourth-order valence-corrected chi connectivity index (χ4v) is 2.65. The van der Waals surface area contributed by atoms with Crippen LogP contribution in [0.1, 0.15) is 5.56 Å². The van der Waals surface area contributed by atoms with Gasteiger partial charge in [0.1, 0.15) is 0 Å². The number of carbonyl (C=O) groups excluding carboxylic acids is 1. The van der Waals surface area contributed by atoms with Gasteiger partial charge in [-0.1, -0.05) is 34.6 Å². The van der Waals surface area contributed by atoms with E-state index in [2.05, 4.69) is 38.5 Å². The number of amides is 2. The standard InChI is InChI=1S/C16H14BrN3O/c1-10-7-11-5-6-14(9-15(11)18-10)20-16(21)19-13-4-2-3-12(17)8-13/h2-6,8-9,18H,1,7H2,(H2,19,20,21). The van der Waals surface area contributed by atoms with Crippen LogP contribution in [0.4, 0.5) is 21.9 Å². The summed E-state index contributed by atoms with van der Waals surface area (Å²) >= 11 is 3.37. The maximum Gasteiger partial charge on any atom is 0.323 e. The van der Waals surface area contributed by atoms with E-state index in [0.717, 1.165) is 33.7 Å². The van der Waals surface area contributed by atoms with E-state index < -0.39 is 0 Å². The molecule has 0 bridgehead atoms. The molecule has 1 aliphatic rings. The molecular weight excluding hydrogens is 330 g/mol. The molecule has 2 aromatic carbocycles. The molecule has 5 heteroatoms. The molecule has 0 fully saturated rings. The largest absolute Gasteiger partial charge is 0.359 e. The zero-order valence-electron chi connectivity index (χ0n) is 11.2. The molecule has 0 radical (unpaired) electrons. The molecule has 3 rings (SSSR count). The molecule has 21 heavy (non-hydrogen) atoms. The van der Waals surface area contributed by atoms with Gasteiger partial charge in [0.15, 0.2) is 0 Å². The lowest BCUT2D eigenvalue weighted by Crippen LogP contribution is -2.19. The molecule has 4 nitrogen and oxygen atoms in total. The zero-order valence-corrected chi connectivity index (χ0v) is 12.8. The van der Waals surface area contributed by atoms with E-state index in [-0.39, 0.29) is 6.03 Å². The van der Waals surface area contributed by atoms with Crippen LogP contribution >= 0.6 is 15.9 Å². The number of fused-ring (bicyclic) bond motifs is 1. The Hall–Kier alpha value is -2.27. The van der Waals surface area contributed by atoms with E-state index in [4.69, 9.17) is 0 Å². The molecule has 1 heterocycles. The molecular formula is C16H14BrN3O. The summed E-state index contributed by atoms with van der Waals surface area (Å²) in [5.74, 6) is 0. The third-order valence-electron chi connectivity index (χ3n) is 3.17. The molecule has 2 amide bonds. The number of anilines is 3. The second-order valence-corrected chi connectivity index (χ2v) is 5.78. The lowest BCUT2D eigenvalue weighted by molar-refractivity contribution is 0.262. The van der Waals surface area contributed by atoms with E-state index in [9.17, 15) is 4.79 Å². The molecule has 0 atom stereocenters. The van der Waals surface area contributed by atoms with Gasteiger partial charge < -0.3 is 16.0 Å². The van der Waals surface area contributed by atoms with Crippen LogP contribution in [-0.2, 0) is 6.42 Å². The van der Waals surface area contributed by atoms with Crippen molar-refractivity contribution >= 4 is 39.0 Å². The number of rotatable bonds is 2. The van der Waals surface area contributed by atoms with Gasteiger partial charge >= 0.3 is 6.03 Å². The summed E-state index contributed by atoms with van der Waals surface area (Å²) in [5.41, 5.74) is 4.64. The van der Waals surface area contributed by atoms with Crippen LogP contribution < -0.4 is 16.0 Å². The molecule has 106 valence electrons. The number of nitrogens with one attached hydrogen (secondary N) is 3. The van der Waals surface area contributed by atoms with Gasteiger partial charge in [-0.25, -0.2) is 4.79 Å². The fourth-order valence-electron chi connectivity index (χ4n) is 2.25. The minimum atomic E-state index is -0.273. The summed E-state index contributed by atoms with van der Waals surface area (Å²) < 4.78 is 0.917. The first kappa shape index (κ1) is 13.7. The van der Waals surface area contributed by atoms with Crippen LogP contribution in [0, 0.1) is 0 Å². The van der Waals surface area contributed by atoms with Crippen molar-refractivity contribution in [2.75, 3.05) is 16.0 Å². The first-order valence-corrected chi connectivity index (χ1v) is 7.31. The highest BCUT2D eigenvalue weighted by Gasteiger charge is 2.13. The fraction of sp³-hybridized carbons (Fsp3) is 0.0625. The van der Waals surface area contributed by atoms with Crippen molar-refractivity contribution in [1.29, 1.82) is 0 Å². The van der Waals surface area contributed by atoms with E-state index in [0.29, 0.717) is 0 Å². The molecule has 0 saturated heterocycles. The summed E-state index contributed by atoms with van der Waals surface area (Å²) in [5, 5.41) is 8.80. The normalized spacial score (nSPS) is 12.5. The first-order chi connectivity index (χ1) is 10.1. The highest BCUT2D eigenvalue weighted by molar-refractivity contribution is 9.10. The smallest absolute Gasteiger partial charge is 0.323 e. The van der Waals surface area contributed by atoms with Crippen molar-refractivity contribution in [3.8, 4) is 0 Å². The number of halogens is 1. The molecule has 0 saturated carbocycles. The van der Waals surface area contributed by atoms with Gasteiger partial charge in [-0.2, -0.15) is 0 Å². The number of urea groups is 1. The molecule has 1 aliphatic heterocycles. The Kier molecular flexibility index (Phi) is 3.66. The van der Waals surface area contributed by atoms with E-state index in [1.165, 1.54) is 5.56 Å². The van der Waals surface area contributed by atoms with Crippen LogP contribution in [-0.4, -0.2) is 6.03 Å². The van der Waals surface area contributed by atoms with Gasteiger partial charge in [0.05, 0.1) is 0 Å². The Morgan fingerprint density at radius 1 is 1.14 bits per heavy atom. The van der Waals surface area contributed by atoms with E-state index >= 15 is 0 Å². The predicted molar refractivity (Wildman–Crippen MR) is 89.7 cm³/mol. The minimum Gasteiger partial charge on any atom is -0.359 e. The monoisotopic (exact) mass is 343 g/mol. The number of hydrogen-bond acceptors (Lipinski definition) is 2. The van der Waals surface area contributed by atoms with Crippen LogP contribution in [0.2, 0.25) is 0 Å². The summed E-state index contributed by atoms with van der Waals surface area (Å²) in [6.07, 6.45) is 0.833. The lowest BCUT2D eigenvalue weighted by Gasteiger charge is -2.09. The highest BCUT2D eigenvalue weighted by Crippen LogP contribution is 2.29. The van der Waals surface area contributed by atoms with Gasteiger partial charge in [0.25, 0.3) is 0 Å². The summed E-state index contributed by atoms with van der Waals surface area (Å²) in [7, 11) is 0. The van der Waals surface area contributed by atoms with Crippen LogP contribution in [0.5, 0.6) is 0 Å². The van der Waals surface area contributed by atoms with Gasteiger partial charge in [0, 0.05) is 33.7 Å². The molecule has 0 unspecified atom stereocenters. The third-order valence-corrected chi connectivity index (χ3v) is 3.66. The quantitative estimate of drug-likeness (QED) is 0.747. The summed E-state index contributed by atoms with van der Waals surface area (Å²) in [4.78, 5) is 12.0. The lowest BCUT2D eigenvalue weighted by atomic mass is 10.1. The summed E-state index contributed by atoms with van der Waals surface area (Å²) in [6.45, 7) is 3.91. The van der Waals surface area contributed by atoms with Crippen molar-refractivity contribution in [1.82, 2.24) is 0 Å². The molecule has 0 spiro atoms. The maximum absolute atomic E-state index is 12.0. The molecule has 0 aliphatic carbocycles. The number of carbonyl (C=O) groups is 1. The van der Waals surface area contributed by atoms with Crippen molar-refractivity contribution < 1.29 is 4.79 Å². The van der Waals surface area contributed by atoms with Crippen molar-refractivity contribution in [2.45, 2.75) is 6.42 Å². The minimum absolute atomic E-state index is 0.273. The summed E-state index contributed by atoms with van der Waals surface area (Å²) in [6, 6.07) is 13.0. The topological polar surface area (TPSA) is 53.2 Å². The SMILES string of the molecule is C=C1Cc2ccc(NC(=O)Nc3cccc(Br)c3)cc2N1. The van der Waals surface area contributed by atoms with Crippen molar-refractivity contribution in [2.24, 2.45) is 0 Å². The van der Waals surface area contributed by atoms with Crippen LogP contribution in [0.25, 0.3) is 0 Å². The average Bonchev–Trinajstić information content (AvgIpc) is 2.78. The van der Waals surface area contributed by atoms with Gasteiger partial charge in [0.2, 0.25) is 0 Å². The highest BCUT2D eigenvalue weighted by atomic mass is 79.9. The Balaban J connectivity index is 1.68. The van der Waals surface area contributed by atoms with Crippen molar-refractivity contribution in [3.63, 3.8) is 0 Å².